The number of aliphatic hydroxyl groups is 1. The lowest BCUT2D eigenvalue weighted by Gasteiger charge is -2.28. The molecule has 0 aliphatic carbocycles. The predicted octanol–water partition coefficient (Wildman–Crippen LogP) is 4.37. The summed E-state index contributed by atoms with van der Waals surface area (Å²) in [5, 5.41) is 21.0. The fraction of sp³-hybridized carbons (Fsp3) is 0.192. The Hall–Kier alpha value is -3.66. The molecular formula is C26H23ClN2O4. The third-order valence-corrected chi connectivity index (χ3v) is 5.63. The first kappa shape index (κ1) is 24.0. The van der Waals surface area contributed by atoms with E-state index in [1.807, 2.05) is 6.07 Å². The number of benzene rings is 3. The topological polar surface area (TPSA) is 90.6 Å². The van der Waals surface area contributed by atoms with Crippen LogP contribution < -0.4 is 4.90 Å². The Bertz CT molecular complexity index is 1120. The molecule has 0 aliphatic heterocycles. The summed E-state index contributed by atoms with van der Waals surface area (Å²) in [6, 6.07) is 23.9. The second kappa shape index (κ2) is 10.8. The molecule has 0 fully saturated rings. The monoisotopic (exact) mass is 462 g/mol. The van der Waals surface area contributed by atoms with Gasteiger partial charge in [0.15, 0.2) is 6.61 Å². The van der Waals surface area contributed by atoms with E-state index in [-0.39, 0.29) is 13.0 Å². The fourth-order valence-electron chi connectivity index (χ4n) is 3.43. The average molecular weight is 463 g/mol. The molecule has 0 heterocycles. The standard InChI is InChI=1S/C26H23ClN2O4/c1-19-17-22(13-14-23(19)27)29(16-8-15-28)24(30)18-33-25(31)26(32,20-9-4-2-5-10-20)21-11-6-3-7-12-21/h2-7,9-14,17,32H,8,16,18H2,1H3. The number of carbonyl (C=O) groups is 2. The number of aryl methyl sites for hydroxylation is 1. The van der Waals surface area contributed by atoms with Gasteiger partial charge in [0.05, 0.1) is 12.5 Å². The number of nitrogens with zero attached hydrogens (tertiary/aromatic N) is 2. The quantitative estimate of drug-likeness (QED) is 0.502. The molecule has 3 aromatic rings. The molecule has 6 nitrogen and oxygen atoms in total. The molecular weight excluding hydrogens is 440 g/mol. The van der Waals surface area contributed by atoms with Crippen LogP contribution in [0.25, 0.3) is 0 Å². The van der Waals surface area contributed by atoms with Crippen LogP contribution in [-0.4, -0.2) is 30.1 Å². The minimum absolute atomic E-state index is 0.0966. The summed E-state index contributed by atoms with van der Waals surface area (Å²) in [5.41, 5.74) is -0.137. The number of rotatable bonds is 8. The van der Waals surface area contributed by atoms with Gasteiger partial charge in [0, 0.05) is 17.3 Å². The van der Waals surface area contributed by atoms with E-state index in [1.54, 1.807) is 85.8 Å². The highest BCUT2D eigenvalue weighted by molar-refractivity contribution is 6.31. The van der Waals surface area contributed by atoms with Crippen LogP contribution in [0.3, 0.4) is 0 Å². The van der Waals surface area contributed by atoms with Gasteiger partial charge in [0.1, 0.15) is 0 Å². The molecule has 0 unspecified atom stereocenters. The van der Waals surface area contributed by atoms with Crippen molar-refractivity contribution in [3.63, 3.8) is 0 Å². The van der Waals surface area contributed by atoms with Crippen LogP contribution in [0.5, 0.6) is 0 Å². The van der Waals surface area contributed by atoms with Crippen LogP contribution >= 0.6 is 11.6 Å². The van der Waals surface area contributed by atoms with E-state index in [2.05, 4.69) is 0 Å². The van der Waals surface area contributed by atoms with E-state index in [1.165, 1.54) is 4.90 Å². The molecule has 33 heavy (non-hydrogen) atoms. The smallest absolute Gasteiger partial charge is 0.348 e. The number of ether oxygens (including phenoxy) is 1. The molecule has 1 amide bonds. The summed E-state index contributed by atoms with van der Waals surface area (Å²) in [4.78, 5) is 27.5. The van der Waals surface area contributed by atoms with Crippen LogP contribution in [0.2, 0.25) is 5.02 Å². The summed E-state index contributed by atoms with van der Waals surface area (Å²) in [6.45, 7) is 1.32. The number of hydrogen-bond acceptors (Lipinski definition) is 5. The molecule has 0 aliphatic rings. The molecule has 168 valence electrons. The number of hydrogen-bond donors (Lipinski definition) is 1. The number of anilines is 1. The number of carbonyl (C=O) groups excluding carboxylic acids is 2. The van der Waals surface area contributed by atoms with E-state index < -0.39 is 24.1 Å². The Balaban J connectivity index is 1.84. The van der Waals surface area contributed by atoms with E-state index in [9.17, 15) is 14.7 Å². The van der Waals surface area contributed by atoms with Crippen molar-refractivity contribution >= 4 is 29.2 Å². The molecule has 0 saturated carbocycles. The van der Waals surface area contributed by atoms with Crippen molar-refractivity contribution in [2.45, 2.75) is 18.9 Å². The molecule has 0 radical (unpaired) electrons. The van der Waals surface area contributed by atoms with Crippen LogP contribution in [0, 0.1) is 18.3 Å². The minimum atomic E-state index is -2.09. The zero-order chi connectivity index (χ0) is 23.8. The molecule has 0 bridgehead atoms. The van der Waals surface area contributed by atoms with Crippen molar-refractivity contribution in [2.75, 3.05) is 18.1 Å². The van der Waals surface area contributed by atoms with Gasteiger partial charge in [-0.15, -0.1) is 0 Å². The van der Waals surface area contributed by atoms with Crippen LogP contribution in [0.4, 0.5) is 5.69 Å². The number of nitriles is 1. The molecule has 0 aromatic heterocycles. The van der Waals surface area contributed by atoms with Gasteiger partial charge < -0.3 is 14.7 Å². The van der Waals surface area contributed by atoms with Gasteiger partial charge in [-0.3, -0.25) is 4.79 Å². The maximum Gasteiger partial charge on any atom is 0.348 e. The minimum Gasteiger partial charge on any atom is -0.453 e. The lowest BCUT2D eigenvalue weighted by Crippen LogP contribution is -2.41. The summed E-state index contributed by atoms with van der Waals surface area (Å²) in [7, 11) is 0. The molecule has 0 saturated heterocycles. The third-order valence-electron chi connectivity index (χ3n) is 5.21. The first-order valence-corrected chi connectivity index (χ1v) is 10.7. The summed E-state index contributed by atoms with van der Waals surface area (Å²) in [5.74, 6) is -1.50. The summed E-state index contributed by atoms with van der Waals surface area (Å²) >= 11 is 6.09. The van der Waals surface area contributed by atoms with E-state index in [4.69, 9.17) is 21.6 Å². The van der Waals surface area contributed by atoms with Crippen LogP contribution in [0.1, 0.15) is 23.1 Å². The SMILES string of the molecule is Cc1cc(N(CCC#N)C(=O)COC(=O)C(O)(c2ccccc2)c2ccccc2)ccc1Cl. The first-order chi connectivity index (χ1) is 15.9. The second-order valence-corrected chi connectivity index (χ2v) is 7.81. The van der Waals surface area contributed by atoms with Gasteiger partial charge in [0.25, 0.3) is 5.91 Å². The Morgan fingerprint density at radius 2 is 1.61 bits per heavy atom. The molecule has 0 atom stereocenters. The number of amides is 1. The highest BCUT2D eigenvalue weighted by atomic mass is 35.5. The summed E-state index contributed by atoms with van der Waals surface area (Å²) in [6.07, 6.45) is 0.0966. The van der Waals surface area contributed by atoms with Crippen molar-refractivity contribution in [3.05, 3.63) is 101 Å². The van der Waals surface area contributed by atoms with Crippen LogP contribution in [0.15, 0.2) is 78.9 Å². The number of halogens is 1. The van der Waals surface area contributed by atoms with E-state index >= 15 is 0 Å². The van der Waals surface area contributed by atoms with E-state index in [0.717, 1.165) is 5.56 Å². The van der Waals surface area contributed by atoms with Crippen LogP contribution in [-0.2, 0) is 19.9 Å². The number of esters is 1. The zero-order valence-corrected chi connectivity index (χ0v) is 18.8. The Morgan fingerprint density at radius 1 is 1.03 bits per heavy atom. The van der Waals surface area contributed by atoms with Gasteiger partial charge in [-0.1, -0.05) is 72.3 Å². The Labute approximate surface area is 197 Å². The van der Waals surface area contributed by atoms with Crippen molar-refractivity contribution < 1.29 is 19.4 Å². The van der Waals surface area contributed by atoms with Crippen molar-refractivity contribution in [1.29, 1.82) is 5.26 Å². The molecule has 0 spiro atoms. The predicted molar refractivity (Wildman–Crippen MR) is 126 cm³/mol. The van der Waals surface area contributed by atoms with Crippen molar-refractivity contribution in [3.8, 4) is 6.07 Å². The maximum atomic E-state index is 13.1. The van der Waals surface area contributed by atoms with Crippen molar-refractivity contribution in [2.24, 2.45) is 0 Å². The largest absolute Gasteiger partial charge is 0.453 e. The molecule has 3 aromatic carbocycles. The van der Waals surface area contributed by atoms with Gasteiger partial charge in [-0.2, -0.15) is 5.26 Å². The Morgan fingerprint density at radius 3 is 2.12 bits per heavy atom. The lowest BCUT2D eigenvalue weighted by molar-refractivity contribution is -0.164. The molecule has 7 heteroatoms. The Kier molecular flexibility index (Phi) is 7.83. The van der Waals surface area contributed by atoms with Crippen molar-refractivity contribution in [1.82, 2.24) is 0 Å². The fourth-order valence-corrected chi connectivity index (χ4v) is 3.54. The first-order valence-electron chi connectivity index (χ1n) is 10.3. The second-order valence-electron chi connectivity index (χ2n) is 7.41. The van der Waals surface area contributed by atoms with E-state index in [0.29, 0.717) is 21.8 Å². The van der Waals surface area contributed by atoms with Gasteiger partial charge in [0.2, 0.25) is 5.60 Å². The maximum absolute atomic E-state index is 13.1. The molecule has 3 rings (SSSR count). The highest BCUT2D eigenvalue weighted by Crippen LogP contribution is 2.31. The summed E-state index contributed by atoms with van der Waals surface area (Å²) < 4.78 is 5.33. The van der Waals surface area contributed by atoms with Gasteiger partial charge in [-0.25, -0.2) is 4.79 Å². The third kappa shape index (κ3) is 5.40. The average Bonchev–Trinajstić information content (AvgIpc) is 2.85. The lowest BCUT2D eigenvalue weighted by atomic mass is 9.86. The van der Waals surface area contributed by atoms with Gasteiger partial charge >= 0.3 is 5.97 Å². The molecule has 1 N–H and O–H groups in total. The van der Waals surface area contributed by atoms with Gasteiger partial charge in [-0.05, 0) is 41.8 Å². The zero-order valence-electron chi connectivity index (χ0n) is 18.1. The normalized spacial score (nSPS) is 10.8. The highest BCUT2D eigenvalue weighted by Gasteiger charge is 2.42.